The highest BCUT2D eigenvalue weighted by Gasteiger charge is 2.32. The SMILES string of the molecule is CC1CC(C)(C)COC(C)(C)C1. The van der Waals surface area contributed by atoms with Gasteiger partial charge in [-0.3, -0.25) is 0 Å². The van der Waals surface area contributed by atoms with Gasteiger partial charge in [0, 0.05) is 0 Å². The Bertz CT molecular complexity index is 140. The fourth-order valence-electron chi connectivity index (χ4n) is 2.36. The van der Waals surface area contributed by atoms with Crippen LogP contribution in [-0.2, 0) is 4.74 Å². The predicted molar refractivity (Wildman–Crippen MR) is 52.2 cm³/mol. The molecule has 1 atom stereocenters. The largest absolute Gasteiger partial charge is 0.375 e. The number of hydrogen-bond donors (Lipinski definition) is 0. The lowest BCUT2D eigenvalue weighted by Crippen LogP contribution is -2.26. The van der Waals surface area contributed by atoms with Gasteiger partial charge < -0.3 is 4.74 Å². The molecule has 1 aliphatic heterocycles. The van der Waals surface area contributed by atoms with Crippen LogP contribution in [0.1, 0.15) is 47.5 Å². The van der Waals surface area contributed by atoms with Gasteiger partial charge in [0.05, 0.1) is 12.2 Å². The fourth-order valence-corrected chi connectivity index (χ4v) is 2.36. The molecule has 0 amide bonds. The van der Waals surface area contributed by atoms with Crippen LogP contribution in [0, 0.1) is 11.3 Å². The van der Waals surface area contributed by atoms with E-state index in [2.05, 4.69) is 34.6 Å². The van der Waals surface area contributed by atoms with Crippen LogP contribution in [0.4, 0.5) is 0 Å². The molecule has 0 saturated carbocycles. The fraction of sp³-hybridized carbons (Fsp3) is 1.00. The van der Waals surface area contributed by atoms with E-state index in [1.54, 1.807) is 0 Å². The molecule has 72 valence electrons. The second kappa shape index (κ2) is 3.02. The van der Waals surface area contributed by atoms with Gasteiger partial charge >= 0.3 is 0 Å². The van der Waals surface area contributed by atoms with Crippen molar-refractivity contribution in [1.82, 2.24) is 0 Å². The van der Waals surface area contributed by atoms with Crippen molar-refractivity contribution >= 4 is 0 Å². The second-order valence-electron chi connectivity index (χ2n) is 5.73. The van der Waals surface area contributed by atoms with Crippen LogP contribution in [-0.4, -0.2) is 12.2 Å². The lowest BCUT2D eigenvalue weighted by atomic mass is 9.82. The average molecular weight is 170 g/mol. The van der Waals surface area contributed by atoms with Gasteiger partial charge in [0.1, 0.15) is 0 Å². The summed E-state index contributed by atoms with van der Waals surface area (Å²) in [7, 11) is 0. The van der Waals surface area contributed by atoms with Crippen molar-refractivity contribution in [3.05, 3.63) is 0 Å². The summed E-state index contributed by atoms with van der Waals surface area (Å²) in [4.78, 5) is 0. The Morgan fingerprint density at radius 3 is 2.25 bits per heavy atom. The quantitative estimate of drug-likeness (QED) is 0.542. The first-order chi connectivity index (χ1) is 5.31. The maximum Gasteiger partial charge on any atom is 0.0629 e. The van der Waals surface area contributed by atoms with Gasteiger partial charge in [-0.15, -0.1) is 0 Å². The summed E-state index contributed by atoms with van der Waals surface area (Å²) in [6.45, 7) is 12.2. The van der Waals surface area contributed by atoms with Crippen molar-refractivity contribution in [2.24, 2.45) is 11.3 Å². The Hall–Kier alpha value is -0.0400. The minimum atomic E-state index is 0.0905. The van der Waals surface area contributed by atoms with Crippen molar-refractivity contribution in [3.8, 4) is 0 Å². The summed E-state index contributed by atoms with van der Waals surface area (Å²) in [5, 5.41) is 0. The Morgan fingerprint density at radius 1 is 1.08 bits per heavy atom. The predicted octanol–water partition coefficient (Wildman–Crippen LogP) is 3.24. The Balaban J connectivity index is 2.66. The Morgan fingerprint density at radius 2 is 1.67 bits per heavy atom. The van der Waals surface area contributed by atoms with Crippen LogP contribution in [0.3, 0.4) is 0 Å². The Labute approximate surface area is 76.5 Å². The van der Waals surface area contributed by atoms with E-state index in [9.17, 15) is 0 Å². The first-order valence-corrected chi connectivity index (χ1v) is 4.95. The molecule has 1 unspecified atom stereocenters. The van der Waals surface area contributed by atoms with Crippen LogP contribution in [0.5, 0.6) is 0 Å². The molecule has 0 aromatic carbocycles. The second-order valence-corrected chi connectivity index (χ2v) is 5.73. The molecule has 0 aromatic heterocycles. The van der Waals surface area contributed by atoms with Gasteiger partial charge in [0.25, 0.3) is 0 Å². The maximum absolute atomic E-state index is 5.88. The van der Waals surface area contributed by atoms with Gasteiger partial charge in [-0.05, 0) is 38.0 Å². The Kier molecular flexibility index (Phi) is 2.53. The van der Waals surface area contributed by atoms with Gasteiger partial charge in [-0.25, -0.2) is 0 Å². The minimum absolute atomic E-state index is 0.0905. The standard InChI is InChI=1S/C11H22O/c1-9-6-10(2,3)8-12-11(4,5)7-9/h9H,6-8H2,1-5H3. The molecule has 0 aromatic rings. The van der Waals surface area contributed by atoms with E-state index in [0.717, 1.165) is 12.5 Å². The van der Waals surface area contributed by atoms with E-state index >= 15 is 0 Å². The summed E-state index contributed by atoms with van der Waals surface area (Å²) in [6, 6.07) is 0. The van der Waals surface area contributed by atoms with Crippen molar-refractivity contribution in [1.29, 1.82) is 0 Å². The molecule has 12 heavy (non-hydrogen) atoms. The normalized spacial score (nSPS) is 34.2. The van der Waals surface area contributed by atoms with E-state index in [1.165, 1.54) is 12.8 Å². The summed E-state index contributed by atoms with van der Waals surface area (Å²) < 4.78 is 5.88. The van der Waals surface area contributed by atoms with E-state index in [1.807, 2.05) is 0 Å². The highest BCUT2D eigenvalue weighted by Crippen LogP contribution is 2.36. The lowest BCUT2D eigenvalue weighted by Gasteiger charge is -2.26. The number of rotatable bonds is 0. The zero-order valence-electron chi connectivity index (χ0n) is 9.11. The van der Waals surface area contributed by atoms with E-state index in [0.29, 0.717) is 5.41 Å². The number of ether oxygens (including phenoxy) is 1. The van der Waals surface area contributed by atoms with Crippen LogP contribution >= 0.6 is 0 Å². The topological polar surface area (TPSA) is 9.23 Å². The molecule has 1 nitrogen and oxygen atoms in total. The molecule has 0 bridgehead atoms. The molecule has 1 heterocycles. The lowest BCUT2D eigenvalue weighted by molar-refractivity contribution is -0.0426. The molecule has 1 aliphatic rings. The summed E-state index contributed by atoms with van der Waals surface area (Å²) >= 11 is 0. The highest BCUT2D eigenvalue weighted by atomic mass is 16.5. The molecule has 1 saturated heterocycles. The van der Waals surface area contributed by atoms with Crippen LogP contribution < -0.4 is 0 Å². The summed E-state index contributed by atoms with van der Waals surface area (Å²) in [6.07, 6.45) is 2.48. The van der Waals surface area contributed by atoms with Crippen molar-refractivity contribution in [2.45, 2.75) is 53.1 Å². The number of hydrogen-bond acceptors (Lipinski definition) is 1. The van der Waals surface area contributed by atoms with Crippen molar-refractivity contribution < 1.29 is 4.74 Å². The summed E-state index contributed by atoms with van der Waals surface area (Å²) in [5.41, 5.74) is 0.459. The van der Waals surface area contributed by atoms with Crippen LogP contribution in [0.15, 0.2) is 0 Å². The average Bonchev–Trinajstić information content (AvgIpc) is 1.87. The third-order valence-electron chi connectivity index (χ3n) is 2.59. The molecule has 1 heteroatoms. The van der Waals surface area contributed by atoms with Crippen LogP contribution in [0.25, 0.3) is 0 Å². The molecular weight excluding hydrogens is 148 g/mol. The molecular formula is C11H22O. The van der Waals surface area contributed by atoms with Gasteiger partial charge in [0.15, 0.2) is 0 Å². The zero-order valence-corrected chi connectivity index (χ0v) is 9.11. The first-order valence-electron chi connectivity index (χ1n) is 4.95. The van der Waals surface area contributed by atoms with Crippen LogP contribution in [0.2, 0.25) is 0 Å². The van der Waals surface area contributed by atoms with Crippen molar-refractivity contribution in [2.75, 3.05) is 6.61 Å². The summed E-state index contributed by atoms with van der Waals surface area (Å²) in [5.74, 6) is 0.789. The maximum atomic E-state index is 5.88. The molecule has 1 rings (SSSR count). The van der Waals surface area contributed by atoms with E-state index < -0.39 is 0 Å². The highest BCUT2D eigenvalue weighted by molar-refractivity contribution is 4.82. The molecule has 0 aliphatic carbocycles. The molecule has 0 N–H and O–H groups in total. The first kappa shape index (κ1) is 10.0. The minimum Gasteiger partial charge on any atom is -0.375 e. The monoisotopic (exact) mass is 170 g/mol. The molecule has 0 spiro atoms. The molecule has 1 fully saturated rings. The third kappa shape index (κ3) is 2.78. The molecule has 0 radical (unpaired) electrons. The smallest absolute Gasteiger partial charge is 0.0629 e. The van der Waals surface area contributed by atoms with Gasteiger partial charge in [-0.1, -0.05) is 20.8 Å². The van der Waals surface area contributed by atoms with Gasteiger partial charge in [0.2, 0.25) is 0 Å². The van der Waals surface area contributed by atoms with E-state index in [-0.39, 0.29) is 5.60 Å². The third-order valence-corrected chi connectivity index (χ3v) is 2.59. The van der Waals surface area contributed by atoms with Gasteiger partial charge in [-0.2, -0.15) is 0 Å². The van der Waals surface area contributed by atoms with E-state index in [4.69, 9.17) is 4.74 Å². The van der Waals surface area contributed by atoms with Crippen molar-refractivity contribution in [3.63, 3.8) is 0 Å². The zero-order chi connectivity index (χ0) is 9.41.